The summed E-state index contributed by atoms with van der Waals surface area (Å²) in [6.07, 6.45) is 4.63. The third-order valence-electron chi connectivity index (χ3n) is 2.46. The zero-order valence-corrected chi connectivity index (χ0v) is 9.35. The minimum Gasteiger partial charge on any atom is -0.198 e. The van der Waals surface area contributed by atoms with Gasteiger partial charge in [0.05, 0.1) is 12.0 Å². The Kier molecular flexibility index (Phi) is 3.38. The van der Waals surface area contributed by atoms with E-state index in [0.717, 1.165) is 17.2 Å². The second-order valence-corrected chi connectivity index (χ2v) is 5.70. The molecule has 0 aliphatic heterocycles. The van der Waals surface area contributed by atoms with Crippen molar-refractivity contribution in [1.82, 2.24) is 10.2 Å². The predicted octanol–water partition coefficient (Wildman–Crippen LogP) is 2.71. The van der Waals surface area contributed by atoms with Gasteiger partial charge in [0.25, 0.3) is 0 Å². The van der Waals surface area contributed by atoms with Crippen LogP contribution in [0.3, 0.4) is 0 Å². The van der Waals surface area contributed by atoms with E-state index < -0.39 is 0 Å². The molecule has 3 nitrogen and oxygen atoms in total. The Hall–Kier alpha value is -0.600. The Labute approximate surface area is 91.5 Å². The van der Waals surface area contributed by atoms with Crippen LogP contribution in [0.15, 0.2) is 9.85 Å². The highest BCUT2D eigenvalue weighted by Gasteiger charge is 2.26. The number of nitrogens with zero attached hydrogens (tertiary/aromatic N) is 3. The van der Waals surface area contributed by atoms with Crippen LogP contribution in [0, 0.1) is 17.2 Å². The minimum atomic E-state index is 0.206. The molecule has 0 N–H and O–H groups in total. The molecule has 1 aliphatic rings. The zero-order chi connectivity index (χ0) is 9.80. The summed E-state index contributed by atoms with van der Waals surface area (Å²) < 4.78 is 0.997. The van der Waals surface area contributed by atoms with Crippen LogP contribution in [0.4, 0.5) is 0 Å². The molecular formula is C9H11N3S2. The third kappa shape index (κ3) is 2.25. The van der Waals surface area contributed by atoms with Gasteiger partial charge in [-0.3, -0.25) is 0 Å². The van der Waals surface area contributed by atoms with E-state index in [2.05, 4.69) is 16.3 Å². The molecule has 1 aromatic rings. The Morgan fingerprint density at radius 1 is 1.50 bits per heavy atom. The fraction of sp³-hybridized carbons (Fsp3) is 0.667. The largest absolute Gasteiger partial charge is 0.198 e. The maximum atomic E-state index is 8.99. The fourth-order valence-electron chi connectivity index (χ4n) is 1.73. The molecular weight excluding hydrogens is 214 g/mol. The molecule has 1 aromatic heterocycles. The second kappa shape index (κ2) is 4.76. The molecule has 2 unspecified atom stereocenters. The Morgan fingerprint density at radius 3 is 3.07 bits per heavy atom. The van der Waals surface area contributed by atoms with Gasteiger partial charge in [-0.15, -0.1) is 10.2 Å². The van der Waals surface area contributed by atoms with Crippen LogP contribution in [0.25, 0.3) is 0 Å². The smallest absolute Gasteiger partial charge is 0.174 e. The average Bonchev–Trinajstić information content (AvgIpc) is 2.71. The van der Waals surface area contributed by atoms with Crippen LogP contribution < -0.4 is 0 Å². The van der Waals surface area contributed by atoms with Gasteiger partial charge in [-0.2, -0.15) is 5.26 Å². The van der Waals surface area contributed by atoms with Crippen molar-refractivity contribution in [3.05, 3.63) is 5.51 Å². The molecule has 0 aromatic carbocycles. The zero-order valence-electron chi connectivity index (χ0n) is 7.72. The Balaban J connectivity index is 1.99. The van der Waals surface area contributed by atoms with Gasteiger partial charge in [-0.05, 0) is 12.8 Å². The van der Waals surface area contributed by atoms with Crippen molar-refractivity contribution in [2.75, 3.05) is 0 Å². The molecule has 1 aliphatic carbocycles. The lowest BCUT2D eigenvalue weighted by molar-refractivity contribution is 0.439. The molecule has 2 atom stereocenters. The molecule has 0 radical (unpaired) electrons. The number of aromatic nitrogens is 2. The van der Waals surface area contributed by atoms with Crippen LogP contribution in [0.5, 0.6) is 0 Å². The highest BCUT2D eigenvalue weighted by Crippen LogP contribution is 2.37. The summed E-state index contributed by atoms with van der Waals surface area (Å²) in [7, 11) is 0. The first kappa shape index (κ1) is 9.94. The van der Waals surface area contributed by atoms with Crippen LogP contribution in [0.1, 0.15) is 25.7 Å². The molecule has 0 saturated heterocycles. The van der Waals surface area contributed by atoms with E-state index in [0.29, 0.717) is 5.25 Å². The van der Waals surface area contributed by atoms with Crippen LogP contribution >= 0.6 is 23.1 Å². The van der Waals surface area contributed by atoms with E-state index in [1.807, 2.05) is 0 Å². The maximum absolute atomic E-state index is 8.99. The van der Waals surface area contributed by atoms with Gasteiger partial charge >= 0.3 is 0 Å². The van der Waals surface area contributed by atoms with Crippen molar-refractivity contribution in [3.63, 3.8) is 0 Å². The molecule has 5 heteroatoms. The molecule has 0 bridgehead atoms. The first-order valence-corrected chi connectivity index (χ1v) is 6.48. The van der Waals surface area contributed by atoms with Gasteiger partial charge in [0.2, 0.25) is 0 Å². The fourth-order valence-corrected chi connectivity index (χ4v) is 3.73. The third-order valence-corrected chi connectivity index (χ3v) is 4.67. The van der Waals surface area contributed by atoms with Crippen molar-refractivity contribution in [2.45, 2.75) is 35.3 Å². The summed E-state index contributed by atoms with van der Waals surface area (Å²) in [5.74, 6) is 0.206. The summed E-state index contributed by atoms with van der Waals surface area (Å²) >= 11 is 3.29. The van der Waals surface area contributed by atoms with Gasteiger partial charge in [-0.1, -0.05) is 35.9 Å². The lowest BCUT2D eigenvalue weighted by Crippen LogP contribution is -2.20. The van der Waals surface area contributed by atoms with Gasteiger partial charge in [0, 0.05) is 5.25 Å². The number of hydrogen-bond donors (Lipinski definition) is 0. The van der Waals surface area contributed by atoms with E-state index in [1.165, 1.54) is 12.8 Å². The van der Waals surface area contributed by atoms with Crippen LogP contribution in [-0.4, -0.2) is 15.4 Å². The lowest BCUT2D eigenvalue weighted by atomic mass is 9.90. The molecule has 0 spiro atoms. The normalized spacial score (nSPS) is 27.1. The summed E-state index contributed by atoms with van der Waals surface area (Å²) in [6, 6.07) is 2.40. The van der Waals surface area contributed by atoms with Crippen LogP contribution in [-0.2, 0) is 0 Å². The predicted molar refractivity (Wildman–Crippen MR) is 57.1 cm³/mol. The van der Waals surface area contributed by atoms with Gasteiger partial charge in [0.1, 0.15) is 5.51 Å². The monoisotopic (exact) mass is 225 g/mol. The highest BCUT2D eigenvalue weighted by atomic mass is 32.2. The molecule has 0 amide bonds. The molecule has 1 fully saturated rings. The number of rotatable bonds is 2. The Bertz CT molecular complexity index is 317. The standard InChI is InChI=1S/C9H11N3S2/c10-5-7-3-1-2-4-8(7)14-9-12-11-6-13-9/h6-8H,1-4H2. The second-order valence-electron chi connectivity index (χ2n) is 3.38. The summed E-state index contributed by atoms with van der Waals surface area (Å²) in [6.45, 7) is 0. The van der Waals surface area contributed by atoms with Gasteiger partial charge in [-0.25, -0.2) is 0 Å². The summed E-state index contributed by atoms with van der Waals surface area (Å²) in [4.78, 5) is 0. The first-order valence-electron chi connectivity index (χ1n) is 4.72. The molecule has 14 heavy (non-hydrogen) atoms. The van der Waals surface area contributed by atoms with Crippen molar-refractivity contribution in [2.24, 2.45) is 5.92 Å². The Morgan fingerprint density at radius 2 is 2.36 bits per heavy atom. The highest BCUT2D eigenvalue weighted by molar-refractivity contribution is 8.01. The molecule has 2 rings (SSSR count). The average molecular weight is 225 g/mol. The van der Waals surface area contributed by atoms with Gasteiger partial charge in [0.15, 0.2) is 4.34 Å². The molecule has 74 valence electrons. The number of hydrogen-bond acceptors (Lipinski definition) is 5. The summed E-state index contributed by atoms with van der Waals surface area (Å²) in [5, 5.41) is 17.2. The molecule has 1 saturated carbocycles. The van der Waals surface area contributed by atoms with E-state index in [9.17, 15) is 0 Å². The summed E-state index contributed by atoms with van der Waals surface area (Å²) in [5.41, 5.74) is 1.74. The van der Waals surface area contributed by atoms with Crippen molar-refractivity contribution in [1.29, 1.82) is 5.26 Å². The van der Waals surface area contributed by atoms with E-state index in [-0.39, 0.29) is 5.92 Å². The lowest BCUT2D eigenvalue weighted by Gasteiger charge is -2.24. The van der Waals surface area contributed by atoms with Crippen molar-refractivity contribution < 1.29 is 0 Å². The number of nitriles is 1. The van der Waals surface area contributed by atoms with E-state index in [1.54, 1.807) is 28.6 Å². The van der Waals surface area contributed by atoms with Gasteiger partial charge < -0.3 is 0 Å². The van der Waals surface area contributed by atoms with E-state index >= 15 is 0 Å². The van der Waals surface area contributed by atoms with Crippen molar-refractivity contribution >= 4 is 23.1 Å². The van der Waals surface area contributed by atoms with Crippen LogP contribution in [0.2, 0.25) is 0 Å². The quantitative estimate of drug-likeness (QED) is 0.776. The SMILES string of the molecule is N#CC1CCCCC1Sc1nncs1. The first-order chi connectivity index (χ1) is 6.90. The molecule has 1 heterocycles. The minimum absolute atomic E-state index is 0.206. The van der Waals surface area contributed by atoms with E-state index in [4.69, 9.17) is 5.26 Å². The number of thioether (sulfide) groups is 1. The maximum Gasteiger partial charge on any atom is 0.174 e. The topological polar surface area (TPSA) is 49.6 Å². The van der Waals surface area contributed by atoms with Crippen molar-refractivity contribution in [3.8, 4) is 6.07 Å².